The Labute approximate surface area is 117 Å². The van der Waals surface area contributed by atoms with Crippen molar-refractivity contribution in [3.8, 4) is 0 Å². The van der Waals surface area contributed by atoms with Crippen LogP contribution in [0.25, 0.3) is 0 Å². The van der Waals surface area contributed by atoms with Crippen molar-refractivity contribution in [1.29, 1.82) is 0 Å². The lowest BCUT2D eigenvalue weighted by atomic mass is 9.79. The molecule has 0 radical (unpaired) electrons. The minimum Gasteiger partial charge on any atom is -0.469 e. The van der Waals surface area contributed by atoms with Gasteiger partial charge in [0.05, 0.1) is 26.1 Å². The first-order valence-corrected chi connectivity index (χ1v) is 7.29. The Balaban J connectivity index is 2.29. The quantitative estimate of drug-likeness (QED) is 0.549. The van der Waals surface area contributed by atoms with Gasteiger partial charge in [-0.05, 0) is 18.3 Å². The molecule has 0 heterocycles. The van der Waals surface area contributed by atoms with E-state index in [2.05, 4.69) is 31.9 Å². The van der Waals surface area contributed by atoms with E-state index in [4.69, 9.17) is 9.47 Å². The first kappa shape index (κ1) is 13.3. The molecule has 2 bridgehead atoms. The minimum atomic E-state index is -0.379. The van der Waals surface area contributed by atoms with E-state index < -0.39 is 0 Å². The fraction of sp³-hybridized carbons (Fsp3) is 0.818. The number of esters is 2. The molecule has 2 fully saturated rings. The summed E-state index contributed by atoms with van der Waals surface area (Å²) in [5.41, 5.74) is 0. The molecule has 0 spiro atoms. The number of carbonyl (C=O) groups excluding carboxylic acids is 2. The maximum absolute atomic E-state index is 11.8. The zero-order valence-corrected chi connectivity index (χ0v) is 12.7. The largest absolute Gasteiger partial charge is 0.469 e. The van der Waals surface area contributed by atoms with Crippen LogP contribution in [0.3, 0.4) is 0 Å². The molecular weight excluding hydrogens is 356 g/mol. The van der Waals surface area contributed by atoms with Crippen molar-refractivity contribution >= 4 is 43.8 Å². The summed E-state index contributed by atoms with van der Waals surface area (Å²) < 4.78 is 9.62. The molecule has 0 amide bonds. The highest BCUT2D eigenvalue weighted by Crippen LogP contribution is 2.57. The van der Waals surface area contributed by atoms with Crippen LogP contribution in [0.5, 0.6) is 0 Å². The maximum Gasteiger partial charge on any atom is 0.309 e. The summed E-state index contributed by atoms with van der Waals surface area (Å²) in [6.07, 6.45) is 0.853. The van der Waals surface area contributed by atoms with Gasteiger partial charge in [0.25, 0.3) is 0 Å². The lowest BCUT2D eigenvalue weighted by molar-refractivity contribution is -0.159. The maximum atomic E-state index is 11.8. The van der Waals surface area contributed by atoms with E-state index in [-0.39, 0.29) is 45.3 Å². The number of carbonyl (C=O) groups is 2. The van der Waals surface area contributed by atoms with Gasteiger partial charge in [-0.1, -0.05) is 31.9 Å². The van der Waals surface area contributed by atoms with E-state index in [1.165, 1.54) is 14.2 Å². The monoisotopic (exact) mass is 368 g/mol. The number of methoxy groups -OCH3 is 2. The van der Waals surface area contributed by atoms with Gasteiger partial charge >= 0.3 is 11.9 Å². The average molecular weight is 370 g/mol. The molecule has 17 heavy (non-hydrogen) atoms. The molecule has 2 rings (SSSR count). The molecule has 0 aromatic rings. The number of halogens is 2. The normalized spacial score (nSPS) is 43.5. The fourth-order valence-corrected chi connectivity index (χ4v) is 5.06. The van der Waals surface area contributed by atoms with Gasteiger partial charge in [0, 0.05) is 9.65 Å². The Bertz CT molecular complexity index is 314. The van der Waals surface area contributed by atoms with Crippen LogP contribution in [-0.2, 0) is 19.1 Å². The first-order valence-electron chi connectivity index (χ1n) is 5.46. The highest BCUT2D eigenvalue weighted by atomic mass is 79.9. The van der Waals surface area contributed by atoms with E-state index in [0.717, 1.165) is 6.42 Å². The van der Waals surface area contributed by atoms with Gasteiger partial charge in [-0.3, -0.25) is 9.59 Å². The number of ether oxygens (including phenoxy) is 2. The molecule has 2 saturated carbocycles. The third-order valence-corrected chi connectivity index (χ3v) is 7.13. The highest BCUT2D eigenvalue weighted by molar-refractivity contribution is 9.12. The summed E-state index contributed by atoms with van der Waals surface area (Å²) in [4.78, 5) is 24.1. The Morgan fingerprint density at radius 2 is 1.29 bits per heavy atom. The number of alkyl halides is 2. The number of fused-ring (bicyclic) bond motifs is 2. The van der Waals surface area contributed by atoms with Crippen molar-refractivity contribution in [2.24, 2.45) is 23.7 Å². The van der Waals surface area contributed by atoms with Gasteiger partial charge < -0.3 is 9.47 Å². The van der Waals surface area contributed by atoms with Gasteiger partial charge in [-0.15, -0.1) is 0 Å². The van der Waals surface area contributed by atoms with Crippen LogP contribution in [0.2, 0.25) is 0 Å². The van der Waals surface area contributed by atoms with Crippen LogP contribution >= 0.6 is 31.9 Å². The summed E-state index contributed by atoms with van der Waals surface area (Å²) in [6.45, 7) is 0. The van der Waals surface area contributed by atoms with Gasteiger partial charge in [-0.2, -0.15) is 0 Å². The predicted molar refractivity (Wildman–Crippen MR) is 68.0 cm³/mol. The molecule has 0 saturated heterocycles. The minimum absolute atomic E-state index is 0.140. The second-order valence-electron chi connectivity index (χ2n) is 4.55. The van der Waals surface area contributed by atoms with Crippen molar-refractivity contribution in [3.05, 3.63) is 0 Å². The topological polar surface area (TPSA) is 52.6 Å². The molecule has 0 aromatic carbocycles. The second kappa shape index (κ2) is 4.88. The van der Waals surface area contributed by atoms with Crippen LogP contribution in [0.1, 0.15) is 6.42 Å². The fourth-order valence-electron chi connectivity index (χ4n) is 3.18. The summed E-state index contributed by atoms with van der Waals surface area (Å²) in [5.74, 6) is -1.10. The molecule has 4 nitrogen and oxygen atoms in total. The smallest absolute Gasteiger partial charge is 0.309 e. The third-order valence-electron chi connectivity index (χ3n) is 3.92. The van der Waals surface area contributed by atoms with E-state index >= 15 is 0 Å². The van der Waals surface area contributed by atoms with Crippen molar-refractivity contribution in [2.45, 2.75) is 16.1 Å². The number of hydrogen-bond donors (Lipinski definition) is 0. The molecule has 6 atom stereocenters. The second-order valence-corrected chi connectivity index (χ2v) is 6.66. The SMILES string of the molecule is COC(=O)C1C2CC(C(Br)C2Br)C1C(=O)OC. The Morgan fingerprint density at radius 1 is 0.941 bits per heavy atom. The zero-order valence-electron chi connectivity index (χ0n) is 9.56. The van der Waals surface area contributed by atoms with Crippen LogP contribution in [0.15, 0.2) is 0 Å². The molecule has 6 heteroatoms. The van der Waals surface area contributed by atoms with E-state index in [9.17, 15) is 9.59 Å². The molecule has 2 aliphatic carbocycles. The molecule has 6 unspecified atom stereocenters. The van der Waals surface area contributed by atoms with Crippen molar-refractivity contribution < 1.29 is 19.1 Å². The highest BCUT2D eigenvalue weighted by Gasteiger charge is 2.62. The zero-order chi connectivity index (χ0) is 12.7. The van der Waals surface area contributed by atoms with Crippen LogP contribution in [0, 0.1) is 23.7 Å². The van der Waals surface area contributed by atoms with Crippen LogP contribution in [-0.4, -0.2) is 35.8 Å². The number of rotatable bonds is 2. The van der Waals surface area contributed by atoms with Crippen LogP contribution in [0.4, 0.5) is 0 Å². The van der Waals surface area contributed by atoms with Crippen LogP contribution < -0.4 is 0 Å². The van der Waals surface area contributed by atoms with E-state index in [0.29, 0.717) is 0 Å². The standard InChI is InChI=1S/C11H14Br2O4/c1-16-10(14)6-4-3-5(9(13)8(4)12)7(6)11(15)17-2/h4-9H,3H2,1-2H3. The van der Waals surface area contributed by atoms with E-state index in [1.54, 1.807) is 0 Å². The average Bonchev–Trinajstić information content (AvgIpc) is 2.85. The van der Waals surface area contributed by atoms with Crippen molar-refractivity contribution in [1.82, 2.24) is 0 Å². The summed E-state index contributed by atoms with van der Waals surface area (Å²) in [6, 6.07) is 0. The number of hydrogen-bond acceptors (Lipinski definition) is 4. The molecule has 2 aliphatic rings. The molecular formula is C11H14Br2O4. The summed E-state index contributed by atoms with van der Waals surface area (Å²) in [7, 11) is 2.72. The molecule has 96 valence electrons. The Morgan fingerprint density at radius 3 is 1.59 bits per heavy atom. The van der Waals surface area contributed by atoms with Gasteiger partial charge in [0.2, 0.25) is 0 Å². The summed E-state index contributed by atoms with van der Waals surface area (Å²) >= 11 is 7.18. The molecule has 0 aliphatic heterocycles. The molecule has 0 aromatic heterocycles. The first-order chi connectivity index (χ1) is 8.02. The lowest BCUT2D eigenvalue weighted by Gasteiger charge is -2.33. The summed E-state index contributed by atoms with van der Waals surface area (Å²) in [5, 5.41) is 0. The Hall–Kier alpha value is -0.100. The Kier molecular flexibility index (Phi) is 3.83. The van der Waals surface area contributed by atoms with Crippen molar-refractivity contribution in [2.75, 3.05) is 14.2 Å². The molecule has 0 N–H and O–H groups in total. The van der Waals surface area contributed by atoms with Crippen molar-refractivity contribution in [3.63, 3.8) is 0 Å². The van der Waals surface area contributed by atoms with E-state index in [1.807, 2.05) is 0 Å². The van der Waals surface area contributed by atoms with Gasteiger partial charge in [-0.25, -0.2) is 0 Å². The van der Waals surface area contributed by atoms with Gasteiger partial charge in [0.15, 0.2) is 0 Å². The predicted octanol–water partition coefficient (Wildman–Crippen LogP) is 1.74. The lowest BCUT2D eigenvalue weighted by Crippen LogP contribution is -2.44. The van der Waals surface area contributed by atoms with Gasteiger partial charge in [0.1, 0.15) is 0 Å². The third kappa shape index (κ3) is 1.93.